The van der Waals surface area contributed by atoms with Gasteiger partial charge < -0.3 is 19.9 Å². The molecule has 4 rings (SSSR count). The van der Waals surface area contributed by atoms with E-state index < -0.39 is 0 Å². The van der Waals surface area contributed by atoms with E-state index in [0.717, 1.165) is 49.7 Å². The summed E-state index contributed by atoms with van der Waals surface area (Å²) in [5.41, 5.74) is 3.50. The summed E-state index contributed by atoms with van der Waals surface area (Å²) >= 11 is 0. The molecule has 1 atom stereocenters. The summed E-state index contributed by atoms with van der Waals surface area (Å²) in [5, 5.41) is 6.74. The van der Waals surface area contributed by atoms with Gasteiger partial charge in [-0.15, -0.1) is 24.0 Å². The first-order chi connectivity index (χ1) is 13.8. The van der Waals surface area contributed by atoms with Crippen molar-refractivity contribution < 1.29 is 4.74 Å². The summed E-state index contributed by atoms with van der Waals surface area (Å²) in [6.07, 6.45) is 3.95. The Morgan fingerprint density at radius 3 is 2.86 bits per heavy atom. The molecule has 2 N–H and O–H groups in total. The standard InChI is InChI=1S/C22H27N5O.HI/c1-2-23-22(25-15-18-14-17-8-3-6-11-21(17)28-18)24-12-7-13-27-16-26-19-9-4-5-10-20(19)27;/h3-6,8-11,16,18H,2,7,12-15H2,1H3,(H2,23,24,25);1H. The van der Waals surface area contributed by atoms with Gasteiger partial charge in [-0.3, -0.25) is 0 Å². The Balaban J connectivity index is 0.00000240. The molecule has 0 aliphatic carbocycles. The van der Waals surface area contributed by atoms with E-state index in [2.05, 4.69) is 51.4 Å². The molecule has 1 aliphatic rings. The lowest BCUT2D eigenvalue weighted by Gasteiger charge is -2.13. The highest BCUT2D eigenvalue weighted by atomic mass is 127. The van der Waals surface area contributed by atoms with Crippen LogP contribution in [0.1, 0.15) is 18.9 Å². The van der Waals surface area contributed by atoms with E-state index >= 15 is 0 Å². The van der Waals surface area contributed by atoms with Crippen molar-refractivity contribution >= 4 is 41.0 Å². The lowest BCUT2D eigenvalue weighted by atomic mass is 10.1. The number of nitrogens with one attached hydrogen (secondary N) is 2. The highest BCUT2D eigenvalue weighted by molar-refractivity contribution is 14.0. The normalized spacial score (nSPS) is 15.5. The first-order valence-electron chi connectivity index (χ1n) is 10.00. The van der Waals surface area contributed by atoms with Crippen molar-refractivity contribution in [2.75, 3.05) is 19.6 Å². The number of aliphatic imine (C=N–C) groups is 1. The maximum absolute atomic E-state index is 5.98. The zero-order valence-electron chi connectivity index (χ0n) is 16.7. The molecule has 0 bridgehead atoms. The zero-order valence-corrected chi connectivity index (χ0v) is 19.0. The van der Waals surface area contributed by atoms with Crippen molar-refractivity contribution in [2.45, 2.75) is 32.4 Å². The van der Waals surface area contributed by atoms with Crippen molar-refractivity contribution in [1.82, 2.24) is 20.2 Å². The molecule has 154 valence electrons. The van der Waals surface area contributed by atoms with Gasteiger partial charge >= 0.3 is 0 Å². The average Bonchev–Trinajstić information content (AvgIpc) is 3.33. The van der Waals surface area contributed by atoms with E-state index in [1.54, 1.807) is 0 Å². The lowest BCUT2D eigenvalue weighted by molar-refractivity contribution is 0.241. The lowest BCUT2D eigenvalue weighted by Crippen LogP contribution is -2.38. The number of nitrogens with zero attached hydrogens (tertiary/aromatic N) is 3. The Kier molecular flexibility index (Phi) is 7.74. The van der Waals surface area contributed by atoms with Gasteiger partial charge in [0.25, 0.3) is 0 Å². The highest BCUT2D eigenvalue weighted by Crippen LogP contribution is 2.28. The van der Waals surface area contributed by atoms with Crippen molar-refractivity contribution in [3.05, 3.63) is 60.4 Å². The second-order valence-corrected chi connectivity index (χ2v) is 6.98. The fourth-order valence-electron chi connectivity index (χ4n) is 3.54. The van der Waals surface area contributed by atoms with Gasteiger partial charge in [-0.25, -0.2) is 9.98 Å². The van der Waals surface area contributed by atoms with Gasteiger partial charge in [0.15, 0.2) is 5.96 Å². The maximum Gasteiger partial charge on any atom is 0.191 e. The van der Waals surface area contributed by atoms with E-state index in [-0.39, 0.29) is 30.1 Å². The minimum Gasteiger partial charge on any atom is -0.488 e. The van der Waals surface area contributed by atoms with Crippen molar-refractivity contribution in [2.24, 2.45) is 4.99 Å². The van der Waals surface area contributed by atoms with E-state index in [1.165, 1.54) is 11.1 Å². The van der Waals surface area contributed by atoms with Crippen molar-refractivity contribution in [1.29, 1.82) is 0 Å². The topological polar surface area (TPSA) is 63.5 Å². The van der Waals surface area contributed by atoms with Gasteiger partial charge in [0.2, 0.25) is 0 Å². The first-order valence-corrected chi connectivity index (χ1v) is 10.00. The Morgan fingerprint density at radius 2 is 2.00 bits per heavy atom. The maximum atomic E-state index is 5.98. The van der Waals surface area contributed by atoms with E-state index in [1.807, 2.05) is 30.6 Å². The van der Waals surface area contributed by atoms with E-state index in [4.69, 9.17) is 9.73 Å². The number of hydrogen-bond donors (Lipinski definition) is 2. The van der Waals surface area contributed by atoms with Crippen LogP contribution >= 0.6 is 24.0 Å². The van der Waals surface area contributed by atoms with Crippen LogP contribution in [0.15, 0.2) is 59.9 Å². The van der Waals surface area contributed by atoms with Gasteiger partial charge in [-0.2, -0.15) is 0 Å². The number of ether oxygens (including phenoxy) is 1. The van der Waals surface area contributed by atoms with Crippen LogP contribution in [0.5, 0.6) is 5.75 Å². The minimum absolute atomic E-state index is 0. The number of aryl methyl sites for hydroxylation is 1. The fourth-order valence-corrected chi connectivity index (χ4v) is 3.54. The number of para-hydroxylation sites is 3. The number of halogens is 1. The third kappa shape index (κ3) is 5.41. The molecular weight excluding hydrogens is 477 g/mol. The van der Waals surface area contributed by atoms with Crippen LogP contribution in [-0.2, 0) is 13.0 Å². The first kappa shape index (κ1) is 21.4. The van der Waals surface area contributed by atoms with E-state index in [0.29, 0.717) is 6.54 Å². The number of hydrogen-bond acceptors (Lipinski definition) is 3. The molecule has 7 heteroatoms. The van der Waals surface area contributed by atoms with Crippen molar-refractivity contribution in [3.63, 3.8) is 0 Å². The zero-order chi connectivity index (χ0) is 19.2. The van der Waals surface area contributed by atoms with Gasteiger partial charge in [0.1, 0.15) is 11.9 Å². The molecule has 29 heavy (non-hydrogen) atoms. The predicted molar refractivity (Wildman–Crippen MR) is 128 cm³/mol. The molecule has 1 aliphatic heterocycles. The van der Waals surface area contributed by atoms with Crippen LogP contribution in [0.2, 0.25) is 0 Å². The van der Waals surface area contributed by atoms with Crippen LogP contribution in [0, 0.1) is 0 Å². The predicted octanol–water partition coefficient (Wildman–Crippen LogP) is 3.60. The number of aromatic nitrogens is 2. The number of imidazole rings is 1. The third-order valence-corrected chi connectivity index (χ3v) is 4.91. The van der Waals surface area contributed by atoms with Gasteiger partial charge in [0, 0.05) is 26.1 Å². The van der Waals surface area contributed by atoms with Crippen LogP contribution in [0.3, 0.4) is 0 Å². The van der Waals surface area contributed by atoms with Gasteiger partial charge in [-0.05, 0) is 37.1 Å². The van der Waals surface area contributed by atoms with Gasteiger partial charge in [-0.1, -0.05) is 30.3 Å². The minimum atomic E-state index is 0. The van der Waals surface area contributed by atoms with Crippen LogP contribution in [0.4, 0.5) is 0 Å². The molecule has 2 heterocycles. The number of guanidine groups is 1. The average molecular weight is 505 g/mol. The molecule has 2 aromatic carbocycles. The second kappa shape index (κ2) is 10.5. The molecule has 1 unspecified atom stereocenters. The van der Waals surface area contributed by atoms with Crippen molar-refractivity contribution in [3.8, 4) is 5.75 Å². The van der Waals surface area contributed by atoms with E-state index in [9.17, 15) is 0 Å². The van der Waals surface area contributed by atoms with Crippen LogP contribution in [-0.4, -0.2) is 41.2 Å². The summed E-state index contributed by atoms with van der Waals surface area (Å²) in [4.78, 5) is 9.16. The monoisotopic (exact) mass is 505 g/mol. The number of benzene rings is 2. The second-order valence-electron chi connectivity index (χ2n) is 6.98. The van der Waals surface area contributed by atoms with Crippen LogP contribution < -0.4 is 15.4 Å². The Morgan fingerprint density at radius 1 is 1.17 bits per heavy atom. The summed E-state index contributed by atoms with van der Waals surface area (Å²) in [6, 6.07) is 16.5. The van der Waals surface area contributed by atoms with Gasteiger partial charge in [0.05, 0.1) is 23.9 Å². The van der Waals surface area contributed by atoms with Crippen LogP contribution in [0.25, 0.3) is 11.0 Å². The third-order valence-electron chi connectivity index (χ3n) is 4.91. The summed E-state index contributed by atoms with van der Waals surface area (Å²) in [5.74, 6) is 1.84. The highest BCUT2D eigenvalue weighted by Gasteiger charge is 2.21. The SMILES string of the molecule is CCNC(=NCC1Cc2ccccc2O1)NCCCn1cnc2ccccc21.I. The molecule has 1 aromatic heterocycles. The quantitative estimate of drug-likeness (QED) is 0.223. The Hall–Kier alpha value is -2.29. The molecule has 6 nitrogen and oxygen atoms in total. The number of rotatable bonds is 7. The fraction of sp³-hybridized carbons (Fsp3) is 0.364. The molecule has 0 saturated carbocycles. The molecular formula is C22H28IN5O. The molecule has 0 amide bonds. The Labute approximate surface area is 188 Å². The smallest absolute Gasteiger partial charge is 0.191 e. The molecule has 0 fully saturated rings. The molecule has 0 saturated heterocycles. The number of fused-ring (bicyclic) bond motifs is 2. The molecule has 0 spiro atoms. The summed E-state index contributed by atoms with van der Waals surface area (Å²) < 4.78 is 8.18. The largest absolute Gasteiger partial charge is 0.488 e. The molecule has 3 aromatic rings. The summed E-state index contributed by atoms with van der Waals surface area (Å²) in [7, 11) is 0. The molecule has 0 radical (unpaired) electrons. The Bertz CT molecular complexity index is 930. The summed E-state index contributed by atoms with van der Waals surface area (Å²) in [6.45, 7) is 5.34.